The molecule has 0 amide bonds. The van der Waals surface area contributed by atoms with Gasteiger partial charge in [-0.3, -0.25) is 10.1 Å². The van der Waals surface area contributed by atoms with Gasteiger partial charge in [-0.2, -0.15) is 0 Å². The van der Waals surface area contributed by atoms with Crippen LogP contribution >= 0.6 is 15.9 Å². The molecule has 0 atom stereocenters. The molecule has 2 rings (SSSR count). The van der Waals surface area contributed by atoms with Crippen molar-refractivity contribution in [2.24, 2.45) is 0 Å². The van der Waals surface area contributed by atoms with Gasteiger partial charge in [0, 0.05) is 22.6 Å². The highest BCUT2D eigenvalue weighted by Crippen LogP contribution is 2.35. The van der Waals surface area contributed by atoms with Crippen molar-refractivity contribution in [3.05, 3.63) is 62.4 Å². The number of benzene rings is 2. The number of nitrogens with one attached hydrogen (secondary N) is 1. The summed E-state index contributed by atoms with van der Waals surface area (Å²) < 4.78 is 19.9. The molecule has 5 nitrogen and oxygen atoms in total. The van der Waals surface area contributed by atoms with Crippen LogP contribution in [0.25, 0.3) is 0 Å². The van der Waals surface area contributed by atoms with E-state index in [0.29, 0.717) is 10.0 Å². The van der Waals surface area contributed by atoms with Gasteiger partial charge in [0.2, 0.25) is 5.75 Å². The highest BCUT2D eigenvalue weighted by Gasteiger charge is 2.18. The van der Waals surface area contributed by atoms with Gasteiger partial charge in [0.1, 0.15) is 11.6 Å². The maximum Gasteiger partial charge on any atom is 0.312 e. The van der Waals surface area contributed by atoms with Crippen LogP contribution in [0.4, 0.5) is 10.1 Å². The minimum absolute atomic E-state index is 0.0613. The molecule has 2 aromatic carbocycles. The maximum absolute atomic E-state index is 13.8. The third kappa shape index (κ3) is 3.56. The van der Waals surface area contributed by atoms with Crippen LogP contribution in [-0.2, 0) is 6.54 Å². The van der Waals surface area contributed by atoms with Crippen molar-refractivity contribution < 1.29 is 14.1 Å². The molecule has 0 radical (unpaired) electrons. The van der Waals surface area contributed by atoms with Crippen molar-refractivity contribution in [2.45, 2.75) is 6.54 Å². The van der Waals surface area contributed by atoms with Gasteiger partial charge < -0.3 is 10.1 Å². The molecule has 0 fully saturated rings. The quantitative estimate of drug-likeness (QED) is 0.650. The molecule has 0 aromatic heterocycles. The van der Waals surface area contributed by atoms with E-state index in [2.05, 4.69) is 21.2 Å². The van der Waals surface area contributed by atoms with Crippen molar-refractivity contribution in [3.8, 4) is 11.5 Å². The summed E-state index contributed by atoms with van der Waals surface area (Å²) in [6, 6.07) is 8.81. The Morgan fingerprint density at radius 3 is 2.76 bits per heavy atom. The van der Waals surface area contributed by atoms with Crippen LogP contribution in [0.15, 0.2) is 40.9 Å². The molecular weight excluding hydrogens is 343 g/mol. The van der Waals surface area contributed by atoms with E-state index in [4.69, 9.17) is 4.74 Å². The van der Waals surface area contributed by atoms with E-state index in [0.717, 1.165) is 0 Å². The predicted octanol–water partition coefficient (Wildman–Crippen LogP) is 4.01. The van der Waals surface area contributed by atoms with Gasteiger partial charge in [-0.15, -0.1) is 0 Å². The number of hydrogen-bond donors (Lipinski definition) is 1. The van der Waals surface area contributed by atoms with Gasteiger partial charge in [0.25, 0.3) is 0 Å². The van der Waals surface area contributed by atoms with Crippen molar-refractivity contribution in [3.63, 3.8) is 0 Å². The Bertz CT molecular complexity index is 679. The topological polar surface area (TPSA) is 64.4 Å². The van der Waals surface area contributed by atoms with E-state index in [9.17, 15) is 14.5 Å². The third-order valence-electron chi connectivity index (χ3n) is 2.77. The zero-order chi connectivity index (χ0) is 15.4. The number of ether oxygens (including phenoxy) is 1. The van der Waals surface area contributed by atoms with Crippen LogP contribution < -0.4 is 10.1 Å². The van der Waals surface area contributed by atoms with E-state index < -0.39 is 10.7 Å². The Balaban J connectivity index is 2.43. The highest BCUT2D eigenvalue weighted by atomic mass is 79.9. The van der Waals surface area contributed by atoms with Crippen molar-refractivity contribution >= 4 is 21.6 Å². The Morgan fingerprint density at radius 1 is 1.33 bits per heavy atom. The largest absolute Gasteiger partial charge is 0.450 e. The minimum Gasteiger partial charge on any atom is -0.450 e. The summed E-state index contributed by atoms with van der Waals surface area (Å²) in [7, 11) is 1.68. The number of hydrogen-bond acceptors (Lipinski definition) is 4. The standard InChI is InChI=1S/C14H12BrFN2O3/c1-17-8-10-11(16)3-2-4-13(10)21-14-6-5-9(15)7-12(14)18(19)20/h2-7,17H,8H2,1H3. The number of nitrogens with zero attached hydrogens (tertiary/aromatic N) is 1. The Labute approximate surface area is 129 Å². The molecule has 0 unspecified atom stereocenters. The van der Waals surface area contributed by atoms with E-state index in [1.165, 1.54) is 24.3 Å². The Kier molecular flexibility index (Phi) is 4.87. The smallest absolute Gasteiger partial charge is 0.312 e. The zero-order valence-corrected chi connectivity index (χ0v) is 12.7. The molecule has 0 bridgehead atoms. The van der Waals surface area contributed by atoms with Crippen LogP contribution in [-0.4, -0.2) is 12.0 Å². The summed E-state index contributed by atoms with van der Waals surface area (Å²) in [5.41, 5.74) is 0.126. The molecule has 0 aliphatic rings. The number of halogens is 2. The summed E-state index contributed by atoms with van der Waals surface area (Å²) >= 11 is 3.17. The minimum atomic E-state index is -0.545. The van der Waals surface area contributed by atoms with Crippen LogP contribution in [0.5, 0.6) is 11.5 Å². The summed E-state index contributed by atoms with van der Waals surface area (Å²) in [6.07, 6.45) is 0. The zero-order valence-electron chi connectivity index (χ0n) is 11.1. The molecular formula is C14H12BrFN2O3. The molecule has 1 N–H and O–H groups in total. The lowest BCUT2D eigenvalue weighted by molar-refractivity contribution is -0.385. The van der Waals surface area contributed by atoms with Crippen molar-refractivity contribution in [1.82, 2.24) is 5.32 Å². The van der Waals surface area contributed by atoms with Gasteiger partial charge in [-0.05, 0) is 31.3 Å². The van der Waals surface area contributed by atoms with E-state index in [-0.39, 0.29) is 23.7 Å². The first-order valence-electron chi connectivity index (χ1n) is 6.06. The second kappa shape index (κ2) is 6.64. The molecule has 21 heavy (non-hydrogen) atoms. The Hall–Kier alpha value is -1.99. The molecule has 2 aromatic rings. The lowest BCUT2D eigenvalue weighted by Crippen LogP contribution is -2.08. The average Bonchev–Trinajstić information content (AvgIpc) is 2.44. The monoisotopic (exact) mass is 354 g/mol. The number of rotatable bonds is 5. The molecule has 0 aliphatic heterocycles. The SMILES string of the molecule is CNCc1c(F)cccc1Oc1ccc(Br)cc1[N+](=O)[O-]. The van der Waals surface area contributed by atoms with Gasteiger partial charge in [0.05, 0.1) is 4.92 Å². The average molecular weight is 355 g/mol. The van der Waals surface area contributed by atoms with Gasteiger partial charge in [-0.25, -0.2) is 4.39 Å². The molecule has 0 saturated carbocycles. The van der Waals surface area contributed by atoms with Crippen LogP contribution in [0.1, 0.15) is 5.56 Å². The summed E-state index contributed by atoms with van der Waals surface area (Å²) in [5.74, 6) is -0.123. The van der Waals surface area contributed by atoms with Gasteiger partial charge in [-0.1, -0.05) is 22.0 Å². The van der Waals surface area contributed by atoms with Crippen molar-refractivity contribution in [2.75, 3.05) is 7.05 Å². The molecule has 7 heteroatoms. The molecule has 0 aliphatic carbocycles. The first kappa shape index (κ1) is 15.4. The summed E-state index contributed by atoms with van der Waals surface area (Å²) in [4.78, 5) is 10.5. The first-order valence-corrected chi connectivity index (χ1v) is 6.86. The number of nitro benzene ring substituents is 1. The normalized spacial score (nSPS) is 10.4. The van der Waals surface area contributed by atoms with E-state index >= 15 is 0 Å². The second-order valence-corrected chi connectivity index (χ2v) is 5.13. The van der Waals surface area contributed by atoms with Crippen LogP contribution in [0.3, 0.4) is 0 Å². The summed E-state index contributed by atoms with van der Waals surface area (Å²) in [6.45, 7) is 0.256. The third-order valence-corrected chi connectivity index (χ3v) is 3.26. The fourth-order valence-electron chi connectivity index (χ4n) is 1.82. The fourth-order valence-corrected chi connectivity index (χ4v) is 2.17. The molecule has 0 heterocycles. The van der Waals surface area contributed by atoms with Gasteiger partial charge >= 0.3 is 5.69 Å². The molecule has 0 saturated heterocycles. The van der Waals surface area contributed by atoms with E-state index in [1.54, 1.807) is 19.2 Å². The lowest BCUT2D eigenvalue weighted by atomic mass is 10.2. The van der Waals surface area contributed by atoms with E-state index in [1.807, 2.05) is 0 Å². The van der Waals surface area contributed by atoms with Crippen LogP contribution in [0.2, 0.25) is 0 Å². The molecule has 0 spiro atoms. The van der Waals surface area contributed by atoms with Crippen molar-refractivity contribution in [1.29, 1.82) is 0 Å². The fraction of sp³-hybridized carbons (Fsp3) is 0.143. The number of nitro groups is 1. The lowest BCUT2D eigenvalue weighted by Gasteiger charge is -2.12. The predicted molar refractivity (Wildman–Crippen MR) is 80.0 cm³/mol. The highest BCUT2D eigenvalue weighted by molar-refractivity contribution is 9.10. The van der Waals surface area contributed by atoms with Crippen LogP contribution in [0, 0.1) is 15.9 Å². The molecule has 110 valence electrons. The maximum atomic E-state index is 13.8. The summed E-state index contributed by atoms with van der Waals surface area (Å²) in [5, 5.41) is 13.9. The Morgan fingerprint density at radius 2 is 2.10 bits per heavy atom. The van der Waals surface area contributed by atoms with Gasteiger partial charge in [0.15, 0.2) is 0 Å². The first-order chi connectivity index (χ1) is 10.0. The second-order valence-electron chi connectivity index (χ2n) is 4.22.